The maximum Gasteiger partial charge on any atom is 0.00684 e. The van der Waals surface area contributed by atoms with Crippen molar-refractivity contribution in [2.75, 3.05) is 18.1 Å². The highest BCUT2D eigenvalue weighted by Gasteiger charge is 2.22. The molecule has 0 radical (unpaired) electrons. The molecule has 1 aliphatic rings. The smallest absolute Gasteiger partial charge is 0.00684 e. The number of thioether (sulfide) groups is 1. The summed E-state index contributed by atoms with van der Waals surface area (Å²) in [7, 11) is 0. The first-order valence-corrected chi connectivity index (χ1v) is 7.91. The van der Waals surface area contributed by atoms with E-state index in [1.807, 2.05) is 0 Å². The quantitative estimate of drug-likeness (QED) is 0.706. The highest BCUT2D eigenvalue weighted by Crippen LogP contribution is 2.24. The molecular formula is C15H23NS. The first-order chi connectivity index (χ1) is 8.40. The zero-order chi connectivity index (χ0) is 11.9. The van der Waals surface area contributed by atoms with Crippen LogP contribution in [0.2, 0.25) is 0 Å². The van der Waals surface area contributed by atoms with E-state index >= 15 is 0 Å². The lowest BCUT2D eigenvalue weighted by Crippen LogP contribution is -2.24. The molecule has 1 atom stereocenters. The van der Waals surface area contributed by atoms with Crippen LogP contribution >= 0.6 is 11.8 Å². The summed E-state index contributed by atoms with van der Waals surface area (Å²) in [6, 6.07) is 11.8. The van der Waals surface area contributed by atoms with Gasteiger partial charge in [-0.3, -0.25) is 0 Å². The third-order valence-corrected chi connectivity index (χ3v) is 4.25. The molecular weight excluding hydrogens is 226 g/mol. The van der Waals surface area contributed by atoms with Crippen LogP contribution in [-0.4, -0.2) is 24.1 Å². The summed E-state index contributed by atoms with van der Waals surface area (Å²) in [4.78, 5) is 0. The van der Waals surface area contributed by atoms with Gasteiger partial charge < -0.3 is 5.32 Å². The van der Waals surface area contributed by atoms with Gasteiger partial charge in [0.2, 0.25) is 0 Å². The van der Waals surface area contributed by atoms with Gasteiger partial charge in [-0.05, 0) is 42.2 Å². The van der Waals surface area contributed by atoms with Crippen LogP contribution in [0.3, 0.4) is 0 Å². The van der Waals surface area contributed by atoms with Crippen molar-refractivity contribution in [3.05, 3.63) is 35.9 Å². The lowest BCUT2D eigenvalue weighted by molar-refractivity contribution is 0.570. The van der Waals surface area contributed by atoms with E-state index in [0.717, 1.165) is 12.6 Å². The summed E-state index contributed by atoms with van der Waals surface area (Å²) in [6.07, 6.45) is 4.05. The van der Waals surface area contributed by atoms with E-state index < -0.39 is 0 Å². The molecule has 1 aromatic carbocycles. The predicted molar refractivity (Wildman–Crippen MR) is 77.8 cm³/mol. The van der Waals surface area contributed by atoms with E-state index in [0.29, 0.717) is 5.92 Å². The third kappa shape index (κ3) is 4.72. The van der Waals surface area contributed by atoms with Crippen molar-refractivity contribution < 1.29 is 0 Å². The van der Waals surface area contributed by atoms with Crippen LogP contribution in [0.4, 0.5) is 0 Å². The molecule has 17 heavy (non-hydrogen) atoms. The van der Waals surface area contributed by atoms with E-state index in [-0.39, 0.29) is 0 Å². The summed E-state index contributed by atoms with van der Waals surface area (Å²) in [5, 5.41) is 3.67. The van der Waals surface area contributed by atoms with Crippen LogP contribution in [0.15, 0.2) is 30.3 Å². The van der Waals surface area contributed by atoms with Gasteiger partial charge in [0.15, 0.2) is 0 Å². The van der Waals surface area contributed by atoms with E-state index in [9.17, 15) is 0 Å². The summed E-state index contributed by atoms with van der Waals surface area (Å²) >= 11 is 2.05. The monoisotopic (exact) mass is 249 g/mol. The van der Waals surface area contributed by atoms with Gasteiger partial charge in [-0.2, -0.15) is 11.8 Å². The molecule has 0 amide bonds. The van der Waals surface area contributed by atoms with Crippen molar-refractivity contribution in [1.29, 1.82) is 0 Å². The van der Waals surface area contributed by atoms with Gasteiger partial charge >= 0.3 is 0 Å². The first kappa shape index (κ1) is 13.0. The molecule has 94 valence electrons. The topological polar surface area (TPSA) is 12.0 Å². The highest BCUT2D eigenvalue weighted by molar-refractivity contribution is 7.99. The lowest BCUT2D eigenvalue weighted by atomic mass is 9.96. The normalized spacial score (nSPS) is 17.0. The Kier molecular flexibility index (Phi) is 5.40. The second kappa shape index (κ2) is 7.07. The summed E-state index contributed by atoms with van der Waals surface area (Å²) < 4.78 is 0. The van der Waals surface area contributed by atoms with Crippen molar-refractivity contribution in [3.63, 3.8) is 0 Å². The fraction of sp³-hybridized carbons (Fsp3) is 0.600. The molecule has 0 saturated heterocycles. The van der Waals surface area contributed by atoms with Gasteiger partial charge in [0, 0.05) is 12.6 Å². The van der Waals surface area contributed by atoms with Crippen molar-refractivity contribution in [2.24, 2.45) is 0 Å². The van der Waals surface area contributed by atoms with Crippen LogP contribution in [0.1, 0.15) is 37.7 Å². The third-order valence-electron chi connectivity index (χ3n) is 3.32. The SMILES string of the molecule is CCSCCC(CNC1CC1)c1ccccc1. The number of rotatable bonds is 8. The lowest BCUT2D eigenvalue weighted by Gasteiger charge is -2.17. The number of nitrogens with one attached hydrogen (secondary N) is 1. The van der Waals surface area contributed by atoms with Gasteiger partial charge in [0.1, 0.15) is 0 Å². The molecule has 0 aromatic heterocycles. The fourth-order valence-electron chi connectivity index (χ4n) is 2.08. The summed E-state index contributed by atoms with van der Waals surface area (Å²) in [5.41, 5.74) is 1.50. The second-order valence-electron chi connectivity index (χ2n) is 4.78. The maximum absolute atomic E-state index is 3.67. The van der Waals surface area contributed by atoms with E-state index in [1.54, 1.807) is 0 Å². The van der Waals surface area contributed by atoms with Crippen molar-refractivity contribution in [2.45, 2.75) is 38.1 Å². The standard InChI is InChI=1S/C15H23NS/c1-2-17-11-10-14(12-16-15-8-9-15)13-6-4-3-5-7-13/h3-7,14-16H,2,8-12H2,1H3. The molecule has 2 heteroatoms. The van der Waals surface area contributed by atoms with Gasteiger partial charge in [-0.15, -0.1) is 0 Å². The molecule has 1 saturated carbocycles. The van der Waals surface area contributed by atoms with Crippen molar-refractivity contribution in [1.82, 2.24) is 5.32 Å². The predicted octanol–water partition coefficient (Wildman–Crippen LogP) is 3.67. The minimum absolute atomic E-state index is 0.691. The van der Waals surface area contributed by atoms with Crippen LogP contribution in [0.25, 0.3) is 0 Å². The second-order valence-corrected chi connectivity index (χ2v) is 6.17. The molecule has 1 fully saturated rings. The van der Waals surface area contributed by atoms with Crippen LogP contribution in [0, 0.1) is 0 Å². The van der Waals surface area contributed by atoms with Crippen molar-refractivity contribution >= 4 is 11.8 Å². The largest absolute Gasteiger partial charge is 0.313 e. The molecule has 1 N–H and O–H groups in total. The number of benzene rings is 1. The maximum atomic E-state index is 3.67. The Labute approximate surface area is 109 Å². The number of hydrogen-bond donors (Lipinski definition) is 1. The van der Waals surface area contributed by atoms with Gasteiger partial charge in [-0.25, -0.2) is 0 Å². The first-order valence-electron chi connectivity index (χ1n) is 6.76. The van der Waals surface area contributed by atoms with Crippen LogP contribution in [-0.2, 0) is 0 Å². The molecule has 2 rings (SSSR count). The van der Waals surface area contributed by atoms with E-state index in [2.05, 4.69) is 54.3 Å². The average molecular weight is 249 g/mol. The Hall–Kier alpha value is -0.470. The Morgan fingerprint density at radius 3 is 2.71 bits per heavy atom. The molecule has 0 aliphatic heterocycles. The Bertz CT molecular complexity index is 308. The molecule has 1 aromatic rings. The summed E-state index contributed by atoms with van der Waals surface area (Å²) in [5.74, 6) is 3.20. The molecule has 0 heterocycles. The Morgan fingerprint density at radius 1 is 1.29 bits per heavy atom. The zero-order valence-electron chi connectivity index (χ0n) is 10.7. The molecule has 0 bridgehead atoms. The minimum atomic E-state index is 0.691. The van der Waals surface area contributed by atoms with Crippen LogP contribution < -0.4 is 5.32 Å². The number of hydrogen-bond acceptors (Lipinski definition) is 2. The zero-order valence-corrected chi connectivity index (χ0v) is 11.5. The van der Waals surface area contributed by atoms with Gasteiger partial charge in [-0.1, -0.05) is 37.3 Å². The molecule has 0 spiro atoms. The van der Waals surface area contributed by atoms with Gasteiger partial charge in [0.25, 0.3) is 0 Å². The van der Waals surface area contributed by atoms with E-state index in [1.165, 1.54) is 36.3 Å². The van der Waals surface area contributed by atoms with Crippen LogP contribution in [0.5, 0.6) is 0 Å². The fourth-order valence-corrected chi connectivity index (χ4v) is 2.82. The van der Waals surface area contributed by atoms with Gasteiger partial charge in [0.05, 0.1) is 0 Å². The van der Waals surface area contributed by atoms with E-state index in [4.69, 9.17) is 0 Å². The molecule has 1 nitrogen and oxygen atoms in total. The Morgan fingerprint density at radius 2 is 2.06 bits per heavy atom. The molecule has 1 aliphatic carbocycles. The Balaban J connectivity index is 1.85. The minimum Gasteiger partial charge on any atom is -0.313 e. The highest BCUT2D eigenvalue weighted by atomic mass is 32.2. The average Bonchev–Trinajstić information content (AvgIpc) is 3.19. The van der Waals surface area contributed by atoms with Crippen molar-refractivity contribution in [3.8, 4) is 0 Å². The molecule has 1 unspecified atom stereocenters. The summed E-state index contributed by atoms with van der Waals surface area (Å²) in [6.45, 7) is 3.39.